The van der Waals surface area contributed by atoms with E-state index in [1.165, 1.54) is 11.3 Å². The number of piperidine rings is 1. The van der Waals surface area contributed by atoms with Crippen molar-refractivity contribution in [2.75, 3.05) is 18.4 Å². The van der Waals surface area contributed by atoms with Crippen LogP contribution in [0.25, 0.3) is 0 Å². The summed E-state index contributed by atoms with van der Waals surface area (Å²) in [5.41, 5.74) is 1.04. The van der Waals surface area contributed by atoms with Crippen molar-refractivity contribution in [2.24, 2.45) is 0 Å². The van der Waals surface area contributed by atoms with Crippen LogP contribution in [0.3, 0.4) is 0 Å². The highest BCUT2D eigenvalue weighted by molar-refractivity contribution is 7.15. The molecule has 1 fully saturated rings. The summed E-state index contributed by atoms with van der Waals surface area (Å²) in [6, 6.07) is 7.58. The van der Waals surface area contributed by atoms with Gasteiger partial charge in [0.05, 0.1) is 12.0 Å². The summed E-state index contributed by atoms with van der Waals surface area (Å²) in [6.07, 6.45) is 2.06. The summed E-state index contributed by atoms with van der Waals surface area (Å²) in [7, 11) is 0. The molecule has 1 aromatic carbocycles. The lowest BCUT2D eigenvalue weighted by Crippen LogP contribution is -2.57. The van der Waals surface area contributed by atoms with Crippen LogP contribution in [0, 0.1) is 0 Å². The number of nitrogens with zero attached hydrogens (tertiary/aromatic N) is 4. The number of carbonyl (C=O) groups excluding carboxylic acids is 3. The fourth-order valence-electron chi connectivity index (χ4n) is 4.33. The van der Waals surface area contributed by atoms with Crippen molar-refractivity contribution in [3.05, 3.63) is 40.4 Å². The van der Waals surface area contributed by atoms with Gasteiger partial charge in [-0.25, -0.2) is 0 Å². The molecule has 3 amide bonds. The van der Waals surface area contributed by atoms with Crippen LogP contribution in [0.4, 0.5) is 5.13 Å². The van der Waals surface area contributed by atoms with Gasteiger partial charge in [-0.05, 0) is 30.9 Å². The molecule has 2 aliphatic rings. The van der Waals surface area contributed by atoms with Crippen molar-refractivity contribution in [2.45, 2.75) is 51.6 Å². The smallest absolute Gasteiger partial charge is 0.254 e. The number of hydrogen-bond donors (Lipinski definition) is 1. The Kier molecular flexibility index (Phi) is 5.55. The standard InChI is InChI=1S/C21H25N5O3S/c1-3-18-23-24-20(30-18)22-17(28)12-21(8-10-25(11-9-21)14(2)27)26-13-15-6-4-5-7-16(15)19(26)29/h4-7H,3,8-13H2,1-2H3,(H,22,24,28). The van der Waals surface area contributed by atoms with Crippen LogP contribution in [0.2, 0.25) is 0 Å². The third-order valence-corrected chi connectivity index (χ3v) is 7.02. The Morgan fingerprint density at radius 3 is 2.57 bits per heavy atom. The Hall–Kier alpha value is -2.81. The minimum absolute atomic E-state index is 0.0186. The van der Waals surface area contributed by atoms with E-state index in [9.17, 15) is 14.4 Å². The van der Waals surface area contributed by atoms with Gasteiger partial charge in [-0.15, -0.1) is 10.2 Å². The zero-order valence-electron chi connectivity index (χ0n) is 17.2. The number of benzene rings is 1. The molecule has 0 radical (unpaired) electrons. The van der Waals surface area contributed by atoms with E-state index >= 15 is 0 Å². The van der Waals surface area contributed by atoms with Crippen LogP contribution in [0.5, 0.6) is 0 Å². The van der Waals surface area contributed by atoms with Gasteiger partial charge in [-0.2, -0.15) is 0 Å². The molecule has 0 spiro atoms. The molecule has 0 saturated carbocycles. The maximum Gasteiger partial charge on any atom is 0.254 e. The van der Waals surface area contributed by atoms with E-state index in [4.69, 9.17) is 0 Å². The lowest BCUT2D eigenvalue weighted by Gasteiger charge is -2.47. The summed E-state index contributed by atoms with van der Waals surface area (Å²) in [5, 5.41) is 12.3. The molecule has 9 heteroatoms. The minimum Gasteiger partial charge on any atom is -0.343 e. The van der Waals surface area contributed by atoms with Crippen LogP contribution < -0.4 is 5.32 Å². The average Bonchev–Trinajstić information content (AvgIpc) is 3.33. The SMILES string of the molecule is CCc1nnc(NC(=O)CC2(N3Cc4ccccc4C3=O)CCN(C(C)=O)CC2)s1. The van der Waals surface area contributed by atoms with E-state index in [0.29, 0.717) is 43.2 Å². The zero-order chi connectivity index (χ0) is 21.3. The summed E-state index contributed by atoms with van der Waals surface area (Å²) in [4.78, 5) is 41.6. The molecule has 0 aliphatic carbocycles. The Balaban J connectivity index is 1.56. The van der Waals surface area contributed by atoms with Crippen molar-refractivity contribution in [3.63, 3.8) is 0 Å². The number of fused-ring (bicyclic) bond motifs is 1. The van der Waals surface area contributed by atoms with Crippen molar-refractivity contribution in [3.8, 4) is 0 Å². The van der Waals surface area contributed by atoms with Gasteiger partial charge in [0, 0.05) is 32.1 Å². The molecule has 0 bridgehead atoms. The molecule has 2 aliphatic heterocycles. The Morgan fingerprint density at radius 1 is 1.20 bits per heavy atom. The molecule has 1 saturated heterocycles. The van der Waals surface area contributed by atoms with Crippen LogP contribution in [0.15, 0.2) is 24.3 Å². The highest BCUT2D eigenvalue weighted by Gasteiger charge is 2.47. The Labute approximate surface area is 179 Å². The van der Waals surface area contributed by atoms with Crippen LogP contribution >= 0.6 is 11.3 Å². The van der Waals surface area contributed by atoms with Crippen LogP contribution in [-0.2, 0) is 22.6 Å². The molecule has 158 valence electrons. The summed E-state index contributed by atoms with van der Waals surface area (Å²) < 4.78 is 0. The number of amides is 3. The monoisotopic (exact) mass is 427 g/mol. The highest BCUT2D eigenvalue weighted by atomic mass is 32.1. The number of aryl methyl sites for hydroxylation is 1. The predicted molar refractivity (Wildman–Crippen MR) is 113 cm³/mol. The number of hydrogen-bond acceptors (Lipinski definition) is 6. The molecular weight excluding hydrogens is 402 g/mol. The molecule has 1 N–H and O–H groups in total. The molecule has 0 atom stereocenters. The number of likely N-dealkylation sites (tertiary alicyclic amines) is 1. The van der Waals surface area contributed by atoms with E-state index in [1.807, 2.05) is 36.1 Å². The van der Waals surface area contributed by atoms with Crippen molar-refractivity contribution < 1.29 is 14.4 Å². The van der Waals surface area contributed by atoms with Gasteiger partial charge in [0.1, 0.15) is 5.01 Å². The van der Waals surface area contributed by atoms with Gasteiger partial charge in [-0.3, -0.25) is 14.4 Å². The van der Waals surface area contributed by atoms with Crippen LogP contribution in [-0.4, -0.2) is 56.3 Å². The minimum atomic E-state index is -0.635. The first-order chi connectivity index (χ1) is 14.4. The quantitative estimate of drug-likeness (QED) is 0.791. The largest absolute Gasteiger partial charge is 0.343 e. The molecule has 2 aromatic rings. The van der Waals surface area contributed by atoms with Crippen LogP contribution in [0.1, 0.15) is 54.0 Å². The second-order valence-corrected chi connectivity index (χ2v) is 8.92. The number of aromatic nitrogens is 2. The summed E-state index contributed by atoms with van der Waals surface area (Å²) >= 11 is 1.36. The van der Waals surface area contributed by atoms with Gasteiger partial charge in [0.2, 0.25) is 16.9 Å². The number of rotatable bonds is 5. The normalized spacial score (nSPS) is 17.7. The second kappa shape index (κ2) is 8.14. The summed E-state index contributed by atoms with van der Waals surface area (Å²) in [6.45, 7) is 5.09. The van der Waals surface area contributed by atoms with Crippen molar-refractivity contribution in [1.29, 1.82) is 0 Å². The maximum atomic E-state index is 13.2. The lowest BCUT2D eigenvalue weighted by molar-refractivity contribution is -0.131. The molecule has 4 rings (SSSR count). The average molecular weight is 428 g/mol. The van der Waals surface area contributed by atoms with Gasteiger partial charge in [0.15, 0.2) is 0 Å². The van der Waals surface area contributed by atoms with E-state index in [0.717, 1.165) is 17.0 Å². The van der Waals surface area contributed by atoms with Crippen molar-refractivity contribution in [1.82, 2.24) is 20.0 Å². The van der Waals surface area contributed by atoms with Gasteiger partial charge >= 0.3 is 0 Å². The first-order valence-corrected chi connectivity index (χ1v) is 11.0. The number of nitrogens with one attached hydrogen (secondary N) is 1. The van der Waals surface area contributed by atoms with Gasteiger partial charge < -0.3 is 15.1 Å². The van der Waals surface area contributed by atoms with E-state index in [-0.39, 0.29) is 24.1 Å². The van der Waals surface area contributed by atoms with E-state index in [2.05, 4.69) is 15.5 Å². The first kappa shape index (κ1) is 20.5. The van der Waals surface area contributed by atoms with E-state index < -0.39 is 5.54 Å². The molecule has 3 heterocycles. The molecule has 30 heavy (non-hydrogen) atoms. The molecular formula is C21H25N5O3S. The Morgan fingerprint density at radius 2 is 1.93 bits per heavy atom. The fraction of sp³-hybridized carbons (Fsp3) is 0.476. The fourth-order valence-corrected chi connectivity index (χ4v) is 5.02. The maximum absolute atomic E-state index is 13.2. The lowest BCUT2D eigenvalue weighted by atomic mass is 9.82. The third-order valence-electron chi connectivity index (χ3n) is 6.04. The molecule has 1 aromatic heterocycles. The third kappa shape index (κ3) is 3.81. The van der Waals surface area contributed by atoms with Gasteiger partial charge in [0.25, 0.3) is 5.91 Å². The van der Waals surface area contributed by atoms with Gasteiger partial charge in [-0.1, -0.05) is 36.5 Å². The number of anilines is 1. The summed E-state index contributed by atoms with van der Waals surface area (Å²) in [5.74, 6) is -0.210. The zero-order valence-corrected chi connectivity index (χ0v) is 18.0. The molecule has 8 nitrogen and oxygen atoms in total. The first-order valence-electron chi connectivity index (χ1n) is 10.2. The topological polar surface area (TPSA) is 95.5 Å². The predicted octanol–water partition coefficient (Wildman–Crippen LogP) is 2.47. The van der Waals surface area contributed by atoms with Crippen molar-refractivity contribution >= 4 is 34.2 Å². The highest BCUT2D eigenvalue weighted by Crippen LogP contribution is 2.39. The number of carbonyl (C=O) groups is 3. The van der Waals surface area contributed by atoms with E-state index in [1.54, 1.807) is 11.8 Å². The molecule has 0 unspecified atom stereocenters. The Bertz CT molecular complexity index is 981. The second-order valence-electron chi connectivity index (χ2n) is 7.86.